The van der Waals surface area contributed by atoms with Gasteiger partial charge in [0.05, 0.1) is 30.2 Å². The number of carbonyl (C=O) groups excluding carboxylic acids is 1. The van der Waals surface area contributed by atoms with Crippen LogP contribution >= 0.6 is 0 Å². The summed E-state index contributed by atoms with van der Waals surface area (Å²) in [5.41, 5.74) is -0.902. The van der Waals surface area contributed by atoms with Crippen molar-refractivity contribution in [3.05, 3.63) is 77.6 Å². The maximum absolute atomic E-state index is 13.9. The number of halogens is 5. The smallest absolute Gasteiger partial charge is 0.383 e. The number of alkyl halides is 3. The number of amides is 2. The Morgan fingerprint density at radius 1 is 1.11 bits per heavy atom. The van der Waals surface area contributed by atoms with Gasteiger partial charge in [-0.2, -0.15) is 18.3 Å². The first kappa shape index (κ1) is 25.6. The van der Waals surface area contributed by atoms with Crippen LogP contribution in [0.5, 0.6) is 0 Å². The molecule has 0 aliphatic carbocycles. The van der Waals surface area contributed by atoms with E-state index in [2.05, 4.69) is 15.7 Å². The fourth-order valence-corrected chi connectivity index (χ4v) is 4.23. The molecule has 1 aliphatic rings. The van der Waals surface area contributed by atoms with Crippen molar-refractivity contribution in [3.63, 3.8) is 0 Å². The van der Waals surface area contributed by atoms with Crippen LogP contribution < -0.4 is 10.6 Å². The van der Waals surface area contributed by atoms with Gasteiger partial charge < -0.3 is 15.4 Å². The van der Waals surface area contributed by atoms with Crippen LogP contribution in [0.1, 0.15) is 17.2 Å². The fourth-order valence-electron chi connectivity index (χ4n) is 4.23. The number of hydrogen-bond donors (Lipinski definition) is 2. The van der Waals surface area contributed by atoms with E-state index in [0.29, 0.717) is 37.5 Å². The van der Waals surface area contributed by atoms with Gasteiger partial charge in [-0.3, -0.25) is 4.90 Å². The number of benzene rings is 2. The lowest BCUT2D eigenvalue weighted by molar-refractivity contribution is -0.140. The van der Waals surface area contributed by atoms with Crippen LogP contribution in [0.15, 0.2) is 54.7 Å². The number of aromatic nitrogens is 2. The van der Waals surface area contributed by atoms with Crippen LogP contribution in [0.4, 0.5) is 32.4 Å². The Kier molecular flexibility index (Phi) is 7.55. The lowest BCUT2D eigenvalue weighted by Gasteiger charge is -2.21. The monoisotopic (exact) mass is 509 g/mol. The van der Waals surface area contributed by atoms with Crippen molar-refractivity contribution in [2.75, 3.05) is 38.7 Å². The van der Waals surface area contributed by atoms with Crippen LogP contribution in [0.3, 0.4) is 0 Å². The number of para-hydroxylation sites is 1. The Hall–Kier alpha value is -3.51. The van der Waals surface area contributed by atoms with Gasteiger partial charge in [0.25, 0.3) is 0 Å². The molecule has 0 saturated carbocycles. The summed E-state index contributed by atoms with van der Waals surface area (Å²) in [7, 11) is 1.54. The number of hydrogen-bond acceptors (Lipinski definition) is 4. The minimum Gasteiger partial charge on any atom is -0.383 e. The highest BCUT2D eigenvalue weighted by Gasteiger charge is 2.39. The maximum Gasteiger partial charge on any atom is 0.437 e. The van der Waals surface area contributed by atoms with Gasteiger partial charge in [0.2, 0.25) is 0 Å². The Labute approximate surface area is 203 Å². The highest BCUT2D eigenvalue weighted by molar-refractivity contribution is 5.90. The Bertz CT molecular complexity index is 1200. The standard InChI is InChI=1S/C24H24F5N5O2/c1-36-10-9-33-12-17(15-7-8-18(25)19(26)11-15)20(13-33)30-23(35)31-21-14-34(16-5-3-2-4-6-16)32-22(21)24(27,28)29/h2-8,11,14,17,20H,9-10,12-13H2,1H3,(H2,30,31,35)/t17-,20-/m0/s1. The molecule has 2 amide bonds. The molecule has 2 heterocycles. The number of methoxy groups -OCH3 is 1. The van der Waals surface area contributed by atoms with Crippen molar-refractivity contribution in [3.8, 4) is 5.69 Å². The summed E-state index contributed by atoms with van der Waals surface area (Å²) in [4.78, 5) is 14.8. The predicted octanol–water partition coefficient (Wildman–Crippen LogP) is 4.41. The molecule has 0 bridgehead atoms. The minimum absolute atomic E-state index is 0.343. The van der Waals surface area contributed by atoms with Crippen molar-refractivity contribution in [1.82, 2.24) is 20.0 Å². The summed E-state index contributed by atoms with van der Waals surface area (Å²) in [6.07, 6.45) is -3.72. The third-order valence-electron chi connectivity index (χ3n) is 5.95. The SMILES string of the molecule is COCCN1C[C@H](NC(=O)Nc2cn(-c3ccccc3)nc2C(F)(F)F)[C@H](c2ccc(F)c(F)c2)C1. The molecule has 0 spiro atoms. The van der Waals surface area contributed by atoms with Crippen LogP contribution in [0.2, 0.25) is 0 Å². The lowest BCUT2D eigenvalue weighted by Crippen LogP contribution is -2.42. The number of likely N-dealkylation sites (tertiary alicyclic amines) is 1. The van der Waals surface area contributed by atoms with Gasteiger partial charge in [-0.25, -0.2) is 18.3 Å². The molecule has 1 aliphatic heterocycles. The summed E-state index contributed by atoms with van der Waals surface area (Å²) in [6.45, 7) is 1.70. The number of ether oxygens (including phenoxy) is 1. The molecule has 2 aromatic carbocycles. The molecule has 2 N–H and O–H groups in total. The van der Waals surface area contributed by atoms with Crippen molar-refractivity contribution < 1.29 is 31.5 Å². The Balaban J connectivity index is 1.54. The second-order valence-electron chi connectivity index (χ2n) is 8.41. The van der Waals surface area contributed by atoms with E-state index in [4.69, 9.17) is 4.74 Å². The maximum atomic E-state index is 13.9. The molecule has 1 fully saturated rings. The minimum atomic E-state index is -4.80. The van der Waals surface area contributed by atoms with E-state index in [-0.39, 0.29) is 0 Å². The molecule has 36 heavy (non-hydrogen) atoms. The zero-order chi connectivity index (χ0) is 25.9. The van der Waals surface area contributed by atoms with Crippen molar-refractivity contribution >= 4 is 11.7 Å². The number of anilines is 1. The van der Waals surface area contributed by atoms with Crippen LogP contribution in [-0.4, -0.2) is 60.1 Å². The highest BCUT2D eigenvalue weighted by Crippen LogP contribution is 2.34. The average Bonchev–Trinajstić information content (AvgIpc) is 3.44. The zero-order valence-electron chi connectivity index (χ0n) is 19.2. The fraction of sp³-hybridized carbons (Fsp3) is 0.333. The summed E-state index contributed by atoms with van der Waals surface area (Å²) >= 11 is 0. The number of nitrogens with one attached hydrogen (secondary N) is 2. The number of carbonyl (C=O) groups is 1. The zero-order valence-corrected chi connectivity index (χ0v) is 19.2. The first-order valence-electron chi connectivity index (χ1n) is 11.1. The lowest BCUT2D eigenvalue weighted by atomic mass is 9.94. The first-order chi connectivity index (χ1) is 17.2. The second kappa shape index (κ2) is 10.6. The normalized spacial score (nSPS) is 18.4. The Morgan fingerprint density at radius 2 is 1.86 bits per heavy atom. The topological polar surface area (TPSA) is 71.4 Å². The van der Waals surface area contributed by atoms with E-state index in [1.807, 2.05) is 4.90 Å². The van der Waals surface area contributed by atoms with E-state index in [0.717, 1.165) is 23.0 Å². The molecular formula is C24H24F5N5O2. The van der Waals surface area contributed by atoms with Gasteiger partial charge >= 0.3 is 12.2 Å². The van der Waals surface area contributed by atoms with E-state index in [1.54, 1.807) is 37.4 Å². The molecule has 0 unspecified atom stereocenters. The number of urea groups is 1. The van der Waals surface area contributed by atoms with Gasteiger partial charge in [-0.05, 0) is 29.8 Å². The predicted molar refractivity (Wildman–Crippen MR) is 122 cm³/mol. The Morgan fingerprint density at radius 3 is 2.53 bits per heavy atom. The molecule has 1 aromatic heterocycles. The molecule has 192 valence electrons. The highest BCUT2D eigenvalue weighted by atomic mass is 19.4. The third-order valence-corrected chi connectivity index (χ3v) is 5.95. The second-order valence-corrected chi connectivity index (χ2v) is 8.41. The molecule has 2 atom stereocenters. The van der Waals surface area contributed by atoms with E-state index < -0.39 is 47.2 Å². The molecule has 3 aromatic rings. The molecule has 4 rings (SSSR count). The quantitative estimate of drug-likeness (QED) is 0.463. The average molecular weight is 509 g/mol. The summed E-state index contributed by atoms with van der Waals surface area (Å²) in [5, 5.41) is 8.56. The summed E-state index contributed by atoms with van der Waals surface area (Å²) in [5.74, 6) is -2.43. The van der Waals surface area contributed by atoms with Gasteiger partial charge in [0, 0.05) is 32.7 Å². The van der Waals surface area contributed by atoms with E-state index in [9.17, 15) is 26.7 Å². The van der Waals surface area contributed by atoms with Crippen molar-refractivity contribution in [2.45, 2.75) is 18.1 Å². The van der Waals surface area contributed by atoms with Gasteiger partial charge in [-0.1, -0.05) is 24.3 Å². The first-order valence-corrected chi connectivity index (χ1v) is 11.1. The van der Waals surface area contributed by atoms with Crippen LogP contribution in [0.25, 0.3) is 5.69 Å². The van der Waals surface area contributed by atoms with Crippen molar-refractivity contribution in [2.24, 2.45) is 0 Å². The third kappa shape index (κ3) is 5.82. The van der Waals surface area contributed by atoms with Gasteiger partial charge in [-0.15, -0.1) is 0 Å². The largest absolute Gasteiger partial charge is 0.437 e. The summed E-state index contributed by atoms with van der Waals surface area (Å²) < 4.78 is 74.3. The molecule has 12 heteroatoms. The van der Waals surface area contributed by atoms with Gasteiger partial charge in [0.1, 0.15) is 0 Å². The molecular weight excluding hydrogens is 485 g/mol. The molecule has 1 saturated heterocycles. The van der Waals surface area contributed by atoms with E-state index >= 15 is 0 Å². The van der Waals surface area contributed by atoms with Crippen LogP contribution in [0, 0.1) is 11.6 Å². The number of rotatable bonds is 7. The summed E-state index contributed by atoms with van der Waals surface area (Å²) in [6, 6.07) is 10.2. The van der Waals surface area contributed by atoms with E-state index in [1.165, 1.54) is 6.07 Å². The van der Waals surface area contributed by atoms with Crippen LogP contribution in [-0.2, 0) is 10.9 Å². The number of nitrogens with zero attached hydrogens (tertiary/aromatic N) is 3. The molecule has 7 nitrogen and oxygen atoms in total. The van der Waals surface area contributed by atoms with Crippen molar-refractivity contribution in [1.29, 1.82) is 0 Å². The van der Waals surface area contributed by atoms with Gasteiger partial charge in [0.15, 0.2) is 17.3 Å². The molecule has 0 radical (unpaired) electrons.